The number of hydrogen-bond donors (Lipinski definition) is 1. The Hall–Kier alpha value is -0.340. The third kappa shape index (κ3) is 3.82. The van der Waals surface area contributed by atoms with Crippen molar-refractivity contribution in [2.75, 3.05) is 13.1 Å². The Bertz CT molecular complexity index is 348. The molecule has 0 bridgehead atoms. The van der Waals surface area contributed by atoms with Crippen LogP contribution in [0.25, 0.3) is 0 Å². The topological polar surface area (TPSA) is 63.4 Å². The number of nitrogens with zero attached hydrogens (tertiary/aromatic N) is 1. The number of rotatable bonds is 6. The van der Waals surface area contributed by atoms with Crippen molar-refractivity contribution in [3.8, 4) is 0 Å². The van der Waals surface area contributed by atoms with Crippen molar-refractivity contribution in [2.24, 2.45) is 5.73 Å². The fourth-order valence-electron chi connectivity index (χ4n) is 1.66. The van der Waals surface area contributed by atoms with E-state index in [1.807, 2.05) is 0 Å². The van der Waals surface area contributed by atoms with Gasteiger partial charge in [-0.25, -0.2) is 8.42 Å². The molecule has 17 heavy (non-hydrogen) atoms. The third-order valence-corrected chi connectivity index (χ3v) is 5.20. The molecule has 0 amide bonds. The highest BCUT2D eigenvalue weighted by Gasteiger charge is 2.46. The van der Waals surface area contributed by atoms with Gasteiger partial charge < -0.3 is 5.73 Å². The molecule has 0 saturated heterocycles. The Labute approximate surface area is 99.0 Å². The first kappa shape index (κ1) is 14.7. The summed E-state index contributed by atoms with van der Waals surface area (Å²) in [6, 6.07) is -0.498. The number of sulfonamides is 1. The van der Waals surface area contributed by atoms with Gasteiger partial charge in [-0.1, -0.05) is 6.92 Å². The van der Waals surface area contributed by atoms with Crippen molar-refractivity contribution in [2.45, 2.75) is 43.7 Å². The summed E-state index contributed by atoms with van der Waals surface area (Å²) in [6.07, 6.45) is -3.30. The summed E-state index contributed by atoms with van der Waals surface area (Å²) in [5, 5.41) is -0.926. The molecule has 4 nitrogen and oxygen atoms in total. The van der Waals surface area contributed by atoms with E-state index in [1.54, 1.807) is 6.92 Å². The molecule has 102 valence electrons. The van der Waals surface area contributed by atoms with E-state index in [2.05, 4.69) is 0 Å². The molecule has 0 aromatic carbocycles. The fraction of sp³-hybridized carbons (Fsp3) is 1.00. The van der Waals surface area contributed by atoms with Crippen LogP contribution in [-0.2, 0) is 10.0 Å². The Morgan fingerprint density at radius 2 is 1.94 bits per heavy atom. The molecule has 0 aliphatic heterocycles. The van der Waals surface area contributed by atoms with E-state index in [4.69, 9.17) is 5.73 Å². The van der Waals surface area contributed by atoms with Gasteiger partial charge in [-0.05, 0) is 19.3 Å². The van der Waals surface area contributed by atoms with Crippen molar-refractivity contribution in [3.05, 3.63) is 0 Å². The molecule has 8 heteroatoms. The van der Waals surface area contributed by atoms with Gasteiger partial charge >= 0.3 is 6.18 Å². The third-order valence-electron chi connectivity index (χ3n) is 2.76. The molecule has 2 N–H and O–H groups in total. The van der Waals surface area contributed by atoms with Crippen LogP contribution >= 0.6 is 0 Å². The molecule has 1 rings (SSSR count). The van der Waals surface area contributed by atoms with Crippen LogP contribution in [0.2, 0.25) is 0 Å². The number of hydrogen-bond acceptors (Lipinski definition) is 3. The summed E-state index contributed by atoms with van der Waals surface area (Å²) in [4.78, 5) is 0. The molecular formula is C9H17F3N2O2S. The molecule has 0 aromatic rings. The lowest BCUT2D eigenvalue weighted by Gasteiger charge is -2.27. The average molecular weight is 274 g/mol. The van der Waals surface area contributed by atoms with Crippen LogP contribution in [0.15, 0.2) is 0 Å². The Morgan fingerprint density at radius 3 is 2.24 bits per heavy atom. The molecule has 1 fully saturated rings. The maximum absolute atomic E-state index is 12.4. The average Bonchev–Trinajstić information content (AvgIpc) is 2.97. The zero-order valence-corrected chi connectivity index (χ0v) is 10.4. The first-order valence-electron chi connectivity index (χ1n) is 5.49. The molecule has 1 aliphatic carbocycles. The molecule has 0 aromatic heterocycles. The predicted octanol–water partition coefficient (Wildman–Crippen LogP) is 1.08. The van der Waals surface area contributed by atoms with Crippen LogP contribution < -0.4 is 5.73 Å². The largest absolute Gasteiger partial charge is 0.402 e. The monoisotopic (exact) mass is 274 g/mol. The van der Waals surface area contributed by atoms with Crippen LogP contribution in [0.4, 0.5) is 13.2 Å². The van der Waals surface area contributed by atoms with Crippen LogP contribution in [0, 0.1) is 0 Å². The second kappa shape index (κ2) is 5.11. The minimum atomic E-state index is -4.51. The summed E-state index contributed by atoms with van der Waals surface area (Å²) in [6.45, 7) is 0.0458. The van der Waals surface area contributed by atoms with Crippen molar-refractivity contribution in [3.63, 3.8) is 0 Å². The van der Waals surface area contributed by atoms with Gasteiger partial charge in [-0.3, -0.25) is 0 Å². The Balaban J connectivity index is 2.90. The van der Waals surface area contributed by atoms with E-state index in [1.165, 1.54) is 0 Å². The van der Waals surface area contributed by atoms with Crippen molar-refractivity contribution < 1.29 is 21.6 Å². The van der Waals surface area contributed by atoms with Crippen LogP contribution in [0.1, 0.15) is 26.2 Å². The SMILES string of the molecule is CCC(CN)S(=O)(=O)N(CC(F)(F)F)C1CC1. The van der Waals surface area contributed by atoms with E-state index < -0.39 is 34.0 Å². The maximum Gasteiger partial charge on any atom is 0.402 e. The van der Waals surface area contributed by atoms with E-state index in [0.717, 1.165) is 0 Å². The van der Waals surface area contributed by atoms with Crippen molar-refractivity contribution >= 4 is 10.0 Å². The van der Waals surface area contributed by atoms with Gasteiger partial charge in [-0.15, -0.1) is 0 Å². The van der Waals surface area contributed by atoms with Gasteiger partial charge in [-0.2, -0.15) is 17.5 Å². The summed E-state index contributed by atoms with van der Waals surface area (Å²) >= 11 is 0. The molecule has 0 spiro atoms. The van der Waals surface area contributed by atoms with Gasteiger partial charge in [0.2, 0.25) is 10.0 Å². The zero-order chi connectivity index (χ0) is 13.3. The molecular weight excluding hydrogens is 257 g/mol. The lowest BCUT2D eigenvalue weighted by Crippen LogP contribution is -2.47. The molecule has 0 radical (unpaired) electrons. The van der Waals surface area contributed by atoms with Crippen molar-refractivity contribution in [1.82, 2.24) is 4.31 Å². The van der Waals surface area contributed by atoms with E-state index in [9.17, 15) is 21.6 Å². The first-order valence-corrected chi connectivity index (χ1v) is 7.00. The minimum Gasteiger partial charge on any atom is -0.329 e. The van der Waals surface area contributed by atoms with E-state index >= 15 is 0 Å². The summed E-state index contributed by atoms with van der Waals surface area (Å²) in [7, 11) is -3.94. The molecule has 1 atom stereocenters. The van der Waals surface area contributed by atoms with Gasteiger partial charge in [0, 0.05) is 12.6 Å². The smallest absolute Gasteiger partial charge is 0.329 e. The van der Waals surface area contributed by atoms with Crippen molar-refractivity contribution in [1.29, 1.82) is 0 Å². The maximum atomic E-state index is 12.4. The van der Waals surface area contributed by atoms with Gasteiger partial charge in [0.15, 0.2) is 0 Å². The molecule has 1 aliphatic rings. The first-order chi connectivity index (χ1) is 7.72. The highest BCUT2D eigenvalue weighted by atomic mass is 32.2. The molecule has 1 saturated carbocycles. The van der Waals surface area contributed by atoms with Gasteiger partial charge in [0.25, 0.3) is 0 Å². The second-order valence-electron chi connectivity index (χ2n) is 4.20. The number of alkyl halides is 3. The van der Waals surface area contributed by atoms with Crippen LogP contribution in [0.5, 0.6) is 0 Å². The number of halogens is 3. The summed E-state index contributed by atoms with van der Waals surface area (Å²) in [5.74, 6) is 0. The minimum absolute atomic E-state index is 0.153. The zero-order valence-electron chi connectivity index (χ0n) is 9.57. The van der Waals surface area contributed by atoms with Gasteiger partial charge in [0.05, 0.1) is 5.25 Å². The summed E-state index contributed by atoms with van der Waals surface area (Å²) < 4.78 is 61.6. The Kier molecular flexibility index (Phi) is 4.43. The Morgan fingerprint density at radius 1 is 1.41 bits per heavy atom. The highest BCUT2D eigenvalue weighted by molar-refractivity contribution is 7.89. The molecule has 0 heterocycles. The lowest BCUT2D eigenvalue weighted by molar-refractivity contribution is -0.137. The van der Waals surface area contributed by atoms with Gasteiger partial charge in [0.1, 0.15) is 6.54 Å². The summed E-state index contributed by atoms with van der Waals surface area (Å²) in [5.41, 5.74) is 5.30. The fourth-order valence-corrected chi connectivity index (χ4v) is 3.66. The predicted molar refractivity (Wildman–Crippen MR) is 57.8 cm³/mol. The highest BCUT2D eigenvalue weighted by Crippen LogP contribution is 2.33. The molecule has 1 unspecified atom stereocenters. The second-order valence-corrected chi connectivity index (χ2v) is 6.37. The van der Waals surface area contributed by atoms with E-state index in [-0.39, 0.29) is 13.0 Å². The van der Waals surface area contributed by atoms with Crippen LogP contribution in [-0.4, -0.2) is 43.3 Å². The normalized spacial score (nSPS) is 19.6. The van der Waals surface area contributed by atoms with Crippen LogP contribution in [0.3, 0.4) is 0 Å². The van der Waals surface area contributed by atoms with E-state index in [0.29, 0.717) is 17.1 Å². The lowest BCUT2D eigenvalue weighted by atomic mass is 10.3. The number of nitrogens with two attached hydrogens (primary N) is 1. The quantitative estimate of drug-likeness (QED) is 0.788. The standard InChI is InChI=1S/C9H17F3N2O2S/c1-2-8(5-13)17(15,16)14(7-3-4-7)6-9(10,11)12/h7-8H,2-6,13H2,1H3.